The molecule has 5 aromatic carbocycles. The Labute approximate surface area is 323 Å². The Kier molecular flexibility index (Phi) is 7.96. The van der Waals surface area contributed by atoms with E-state index in [2.05, 4.69) is 37.7 Å². The standard InChI is InChI=1S/C46H29F3N6O2/c1-28-11-17-43(52-26-28)54-39-9-4-2-7-35(39)37-15-13-31(24-41(37)54)56-33-21-29(45-50-19-6-20-51-45)22-34(23-33)57-32-14-16-38-36-8-3-5-10-40(36)55(42(38)25-32)44-18-12-30(27-53-44)46(47,48)49/h2-27H,1H3. The molecule has 8 nitrogen and oxygen atoms in total. The molecule has 0 amide bonds. The highest BCUT2D eigenvalue weighted by atomic mass is 19.4. The summed E-state index contributed by atoms with van der Waals surface area (Å²) >= 11 is 0. The van der Waals surface area contributed by atoms with Gasteiger partial charge in [-0.05, 0) is 85.3 Å². The number of nitrogens with zero attached hydrogens (tertiary/aromatic N) is 6. The van der Waals surface area contributed by atoms with Crippen molar-refractivity contribution in [3.8, 4) is 46.0 Å². The van der Waals surface area contributed by atoms with Crippen molar-refractivity contribution in [2.24, 2.45) is 0 Å². The molecular formula is C46H29F3N6O2. The molecule has 10 rings (SSSR count). The molecule has 0 atom stereocenters. The number of aromatic nitrogens is 6. The second-order valence-corrected chi connectivity index (χ2v) is 13.6. The quantitative estimate of drug-likeness (QED) is 0.161. The van der Waals surface area contributed by atoms with Crippen molar-refractivity contribution in [3.05, 3.63) is 169 Å². The van der Waals surface area contributed by atoms with E-state index in [-0.39, 0.29) is 0 Å². The molecule has 5 aromatic heterocycles. The number of benzene rings is 5. The van der Waals surface area contributed by atoms with Gasteiger partial charge in [0.05, 0.1) is 27.6 Å². The van der Waals surface area contributed by atoms with Crippen LogP contribution in [0, 0.1) is 6.92 Å². The van der Waals surface area contributed by atoms with Gasteiger partial charge in [-0.1, -0.05) is 42.5 Å². The Morgan fingerprint density at radius 2 is 1.00 bits per heavy atom. The smallest absolute Gasteiger partial charge is 0.417 e. The monoisotopic (exact) mass is 754 g/mol. The highest BCUT2D eigenvalue weighted by molar-refractivity contribution is 6.10. The second-order valence-electron chi connectivity index (χ2n) is 13.6. The Hall–Kier alpha value is -7.53. The van der Waals surface area contributed by atoms with Crippen LogP contribution in [0.3, 0.4) is 0 Å². The molecule has 0 aliphatic heterocycles. The van der Waals surface area contributed by atoms with Crippen LogP contribution in [0.2, 0.25) is 0 Å². The van der Waals surface area contributed by atoms with E-state index in [4.69, 9.17) is 14.5 Å². The van der Waals surface area contributed by atoms with Crippen LogP contribution in [0.15, 0.2) is 158 Å². The molecule has 0 saturated heterocycles. The molecule has 0 aliphatic carbocycles. The number of rotatable bonds is 7. The first-order valence-electron chi connectivity index (χ1n) is 18.1. The molecule has 0 bridgehead atoms. The molecule has 0 fully saturated rings. The average molecular weight is 755 g/mol. The zero-order valence-corrected chi connectivity index (χ0v) is 30.1. The van der Waals surface area contributed by atoms with Crippen LogP contribution >= 0.6 is 0 Å². The maximum atomic E-state index is 13.4. The lowest BCUT2D eigenvalue weighted by atomic mass is 10.1. The minimum absolute atomic E-state index is 0.347. The minimum Gasteiger partial charge on any atom is -0.457 e. The molecule has 0 saturated carbocycles. The lowest BCUT2D eigenvalue weighted by Crippen LogP contribution is -2.06. The fourth-order valence-electron chi connectivity index (χ4n) is 7.34. The summed E-state index contributed by atoms with van der Waals surface area (Å²) in [7, 11) is 0. The summed E-state index contributed by atoms with van der Waals surface area (Å²) in [5.41, 5.74) is 4.41. The Morgan fingerprint density at radius 3 is 1.51 bits per heavy atom. The fraction of sp³-hybridized carbons (Fsp3) is 0.0435. The van der Waals surface area contributed by atoms with Gasteiger partial charge in [-0.25, -0.2) is 19.9 Å². The zero-order chi connectivity index (χ0) is 38.7. The Bertz CT molecular complexity index is 3120. The lowest BCUT2D eigenvalue weighted by Gasteiger charge is -2.13. The van der Waals surface area contributed by atoms with E-state index >= 15 is 0 Å². The van der Waals surface area contributed by atoms with Gasteiger partial charge < -0.3 is 9.47 Å². The summed E-state index contributed by atoms with van der Waals surface area (Å²) in [5, 5.41) is 3.98. The normalized spacial score (nSPS) is 11.9. The van der Waals surface area contributed by atoms with Gasteiger partial charge >= 0.3 is 6.18 Å². The van der Waals surface area contributed by atoms with Crippen LogP contribution in [0.5, 0.6) is 23.0 Å². The third-order valence-corrected chi connectivity index (χ3v) is 9.90. The predicted octanol–water partition coefficient (Wildman–Crippen LogP) is 12.0. The van der Waals surface area contributed by atoms with Crippen molar-refractivity contribution in [1.29, 1.82) is 0 Å². The summed E-state index contributed by atoms with van der Waals surface area (Å²) in [6.07, 6.45) is 1.55. The van der Waals surface area contributed by atoms with Crippen molar-refractivity contribution in [1.82, 2.24) is 29.1 Å². The maximum Gasteiger partial charge on any atom is 0.417 e. The molecule has 5 heterocycles. The number of hydrogen-bond acceptors (Lipinski definition) is 6. The van der Waals surface area contributed by atoms with Crippen molar-refractivity contribution >= 4 is 43.6 Å². The van der Waals surface area contributed by atoms with Crippen molar-refractivity contribution in [2.75, 3.05) is 0 Å². The fourth-order valence-corrected chi connectivity index (χ4v) is 7.34. The van der Waals surface area contributed by atoms with Gasteiger partial charge in [0.25, 0.3) is 0 Å². The van der Waals surface area contributed by atoms with Gasteiger partial charge in [-0.2, -0.15) is 13.2 Å². The number of aryl methyl sites for hydroxylation is 1. The van der Waals surface area contributed by atoms with Gasteiger partial charge in [-0.15, -0.1) is 0 Å². The second kappa shape index (κ2) is 13.3. The van der Waals surface area contributed by atoms with Crippen LogP contribution in [0.25, 0.3) is 66.6 Å². The Balaban J connectivity index is 1.06. The highest BCUT2D eigenvalue weighted by Crippen LogP contribution is 2.39. The van der Waals surface area contributed by atoms with Gasteiger partial charge in [0, 0.05) is 70.1 Å². The van der Waals surface area contributed by atoms with E-state index in [9.17, 15) is 13.2 Å². The Morgan fingerprint density at radius 1 is 0.474 bits per heavy atom. The number of fused-ring (bicyclic) bond motifs is 6. The average Bonchev–Trinajstić information content (AvgIpc) is 3.73. The lowest BCUT2D eigenvalue weighted by molar-refractivity contribution is -0.137. The van der Waals surface area contributed by atoms with Crippen molar-refractivity contribution in [3.63, 3.8) is 0 Å². The van der Waals surface area contributed by atoms with E-state index in [1.54, 1.807) is 24.5 Å². The van der Waals surface area contributed by atoms with Crippen molar-refractivity contribution < 1.29 is 22.6 Å². The van der Waals surface area contributed by atoms with E-state index in [0.29, 0.717) is 45.7 Å². The summed E-state index contributed by atoms with van der Waals surface area (Å²) in [6.45, 7) is 2.01. The molecule has 0 N–H and O–H groups in total. The van der Waals surface area contributed by atoms with Gasteiger partial charge in [0.1, 0.15) is 34.6 Å². The SMILES string of the molecule is Cc1ccc(-n2c3ccccc3c3ccc(Oc4cc(Oc5ccc6c7ccccc7n(-c7ccc(C(F)(F)F)cn7)c6c5)cc(-c5ncccn5)c4)cc32)nc1. The van der Waals surface area contributed by atoms with E-state index in [1.807, 2.05) is 109 Å². The molecular weight excluding hydrogens is 726 g/mol. The van der Waals surface area contributed by atoms with Crippen LogP contribution in [0.1, 0.15) is 11.1 Å². The molecule has 0 unspecified atom stereocenters. The molecule has 0 spiro atoms. The number of para-hydroxylation sites is 2. The number of alkyl halides is 3. The molecule has 276 valence electrons. The summed E-state index contributed by atoms with van der Waals surface area (Å²) in [5.74, 6) is 3.68. The van der Waals surface area contributed by atoms with E-state index in [0.717, 1.165) is 61.7 Å². The number of ether oxygens (including phenoxy) is 2. The molecule has 0 radical (unpaired) electrons. The molecule has 11 heteroatoms. The van der Waals surface area contributed by atoms with E-state index < -0.39 is 11.7 Å². The van der Waals surface area contributed by atoms with Gasteiger partial charge in [0.15, 0.2) is 5.82 Å². The summed E-state index contributed by atoms with van der Waals surface area (Å²) in [6, 6.07) is 41.3. The van der Waals surface area contributed by atoms with Crippen LogP contribution in [-0.2, 0) is 6.18 Å². The minimum atomic E-state index is -4.50. The first kappa shape index (κ1) is 34.0. The van der Waals surface area contributed by atoms with Crippen LogP contribution < -0.4 is 9.47 Å². The number of halogens is 3. The number of hydrogen-bond donors (Lipinski definition) is 0. The third-order valence-electron chi connectivity index (χ3n) is 9.90. The third kappa shape index (κ3) is 6.15. The predicted molar refractivity (Wildman–Crippen MR) is 215 cm³/mol. The van der Waals surface area contributed by atoms with Crippen LogP contribution in [0.4, 0.5) is 13.2 Å². The maximum absolute atomic E-state index is 13.4. The molecule has 10 aromatic rings. The van der Waals surface area contributed by atoms with Gasteiger partial charge in [-0.3, -0.25) is 9.13 Å². The first-order chi connectivity index (χ1) is 27.8. The topological polar surface area (TPSA) is 79.9 Å². The van der Waals surface area contributed by atoms with Crippen LogP contribution in [-0.4, -0.2) is 29.1 Å². The van der Waals surface area contributed by atoms with Crippen molar-refractivity contribution in [2.45, 2.75) is 13.1 Å². The first-order valence-corrected chi connectivity index (χ1v) is 18.1. The number of pyridine rings is 2. The summed E-state index contributed by atoms with van der Waals surface area (Å²) in [4.78, 5) is 17.9. The molecule has 57 heavy (non-hydrogen) atoms. The molecule has 0 aliphatic rings. The van der Waals surface area contributed by atoms with Gasteiger partial charge in [0.2, 0.25) is 0 Å². The summed E-state index contributed by atoms with van der Waals surface area (Å²) < 4.78 is 57.4. The highest BCUT2D eigenvalue weighted by Gasteiger charge is 2.31. The van der Waals surface area contributed by atoms with E-state index in [1.165, 1.54) is 6.07 Å². The largest absolute Gasteiger partial charge is 0.457 e. The zero-order valence-electron chi connectivity index (χ0n) is 30.1.